The highest BCUT2D eigenvalue weighted by atomic mass is 32.2. The molecule has 0 aliphatic carbocycles. The van der Waals surface area contributed by atoms with E-state index >= 15 is 0 Å². The normalized spacial score (nSPS) is 14.5. The van der Waals surface area contributed by atoms with Crippen LogP contribution in [0.25, 0.3) is 0 Å². The third-order valence-corrected chi connectivity index (χ3v) is 5.85. The number of nitrogens with one attached hydrogen (secondary N) is 1. The summed E-state index contributed by atoms with van der Waals surface area (Å²) in [6.07, 6.45) is 0. The number of aromatic hydroxyl groups is 1. The first-order valence-electron chi connectivity index (χ1n) is 9.91. The summed E-state index contributed by atoms with van der Waals surface area (Å²) in [7, 11) is 0. The second-order valence-electron chi connectivity index (χ2n) is 7.57. The van der Waals surface area contributed by atoms with E-state index in [2.05, 4.69) is 10.3 Å². The lowest BCUT2D eigenvalue weighted by Crippen LogP contribution is -2.42. The Kier molecular flexibility index (Phi) is 7.19. The van der Waals surface area contributed by atoms with Gasteiger partial charge in [-0.2, -0.15) is 0 Å². The summed E-state index contributed by atoms with van der Waals surface area (Å²) in [4.78, 5) is 40.9. The van der Waals surface area contributed by atoms with Gasteiger partial charge in [-0.15, -0.1) is 11.8 Å². The number of hydrogen-bond acceptors (Lipinski definition) is 8. The van der Waals surface area contributed by atoms with Gasteiger partial charge in [0.1, 0.15) is 23.8 Å². The molecule has 1 aromatic carbocycles. The van der Waals surface area contributed by atoms with Crippen LogP contribution in [0.3, 0.4) is 0 Å². The Morgan fingerprint density at radius 2 is 2.16 bits per heavy atom. The summed E-state index contributed by atoms with van der Waals surface area (Å²) in [5.74, 6) is -1.68. The number of benzene rings is 1. The molecule has 0 saturated carbocycles. The number of esters is 1. The average molecular weight is 466 g/mol. The van der Waals surface area contributed by atoms with E-state index in [9.17, 15) is 23.9 Å². The highest BCUT2D eigenvalue weighted by Gasteiger charge is 2.34. The molecule has 1 aliphatic heterocycles. The van der Waals surface area contributed by atoms with Gasteiger partial charge in [0.15, 0.2) is 5.69 Å². The maximum Gasteiger partial charge on any atom is 0.302 e. The Hall–Kier alpha value is -2.92. The number of fused-ring (bicyclic) bond motifs is 1. The summed E-state index contributed by atoms with van der Waals surface area (Å²) in [6.45, 7) is 5.43. The molecule has 172 valence electrons. The Morgan fingerprint density at radius 3 is 2.88 bits per heavy atom. The summed E-state index contributed by atoms with van der Waals surface area (Å²) >= 11 is 1.27. The van der Waals surface area contributed by atoms with E-state index in [-0.39, 0.29) is 32.1 Å². The van der Waals surface area contributed by atoms with Crippen LogP contribution in [0.15, 0.2) is 27.9 Å². The quantitative estimate of drug-likeness (QED) is 0.362. The number of nitrogens with zero attached hydrogens (tertiary/aromatic N) is 2. The molecule has 0 atom stereocenters. The van der Waals surface area contributed by atoms with Gasteiger partial charge in [-0.3, -0.25) is 19.0 Å². The van der Waals surface area contributed by atoms with Gasteiger partial charge in [-0.05, 0) is 31.5 Å². The summed E-state index contributed by atoms with van der Waals surface area (Å²) in [5.41, 5.74) is -1.39. The fourth-order valence-corrected chi connectivity index (χ4v) is 4.14. The molecule has 2 aromatic rings. The van der Waals surface area contributed by atoms with Crippen LogP contribution in [0.2, 0.25) is 0 Å². The number of amides is 1. The van der Waals surface area contributed by atoms with E-state index in [4.69, 9.17) is 9.47 Å². The fourth-order valence-electron chi connectivity index (χ4n) is 3.23. The summed E-state index contributed by atoms with van der Waals surface area (Å²) in [6, 6.07) is 4.11. The second kappa shape index (κ2) is 9.70. The van der Waals surface area contributed by atoms with Crippen LogP contribution in [0.4, 0.5) is 4.39 Å². The number of rotatable bonds is 7. The number of carbonyl (C=O) groups is 2. The molecule has 0 fully saturated rings. The zero-order valence-electron chi connectivity index (χ0n) is 17.9. The molecule has 1 amide bonds. The molecule has 0 bridgehead atoms. The van der Waals surface area contributed by atoms with Crippen LogP contribution in [0.1, 0.15) is 42.6 Å². The predicted molar refractivity (Wildman–Crippen MR) is 114 cm³/mol. The molecule has 9 nitrogen and oxygen atoms in total. The number of carbonyl (C=O) groups excluding carboxylic acids is 2. The van der Waals surface area contributed by atoms with E-state index in [0.717, 1.165) is 0 Å². The Bertz CT molecular complexity index is 1100. The predicted octanol–water partition coefficient (Wildman–Crippen LogP) is 1.94. The van der Waals surface area contributed by atoms with E-state index in [1.165, 1.54) is 41.5 Å². The lowest BCUT2D eigenvalue weighted by molar-refractivity contribution is -0.140. The van der Waals surface area contributed by atoms with Gasteiger partial charge in [0, 0.05) is 24.1 Å². The summed E-state index contributed by atoms with van der Waals surface area (Å²) < 4.78 is 25.5. The van der Waals surface area contributed by atoms with Crippen molar-refractivity contribution in [2.75, 3.05) is 19.0 Å². The minimum absolute atomic E-state index is 0.00838. The van der Waals surface area contributed by atoms with Gasteiger partial charge in [-0.1, -0.05) is 6.07 Å². The van der Waals surface area contributed by atoms with Gasteiger partial charge in [-0.25, -0.2) is 9.37 Å². The van der Waals surface area contributed by atoms with Crippen molar-refractivity contribution in [3.8, 4) is 5.75 Å². The molecule has 1 aliphatic rings. The molecule has 0 saturated heterocycles. The Morgan fingerprint density at radius 1 is 1.41 bits per heavy atom. The van der Waals surface area contributed by atoms with E-state index < -0.39 is 40.3 Å². The van der Waals surface area contributed by atoms with Crippen molar-refractivity contribution in [2.45, 2.75) is 44.4 Å². The lowest BCUT2D eigenvalue weighted by atomic mass is 10.1. The van der Waals surface area contributed by atoms with Crippen molar-refractivity contribution in [1.29, 1.82) is 0 Å². The molecule has 0 spiro atoms. The summed E-state index contributed by atoms with van der Waals surface area (Å²) in [5, 5.41) is 12.9. The minimum Gasteiger partial charge on any atom is -0.501 e. The van der Waals surface area contributed by atoms with Gasteiger partial charge in [0.2, 0.25) is 5.75 Å². The monoisotopic (exact) mass is 465 g/mol. The third kappa shape index (κ3) is 5.28. The van der Waals surface area contributed by atoms with Gasteiger partial charge in [0.25, 0.3) is 11.5 Å². The molecule has 32 heavy (non-hydrogen) atoms. The zero-order valence-corrected chi connectivity index (χ0v) is 18.8. The largest absolute Gasteiger partial charge is 0.501 e. The number of aromatic nitrogens is 2. The molecule has 2 heterocycles. The molecule has 3 rings (SSSR count). The zero-order chi connectivity index (χ0) is 23.5. The van der Waals surface area contributed by atoms with Crippen LogP contribution in [0.5, 0.6) is 5.75 Å². The number of hydrogen-bond donors (Lipinski definition) is 2. The SMILES string of the molecule is CC(=O)OCCSc1cc(F)ccc1CNC(=O)c1nc2n(c(=O)c1O)CCOC2(C)C. The molecule has 11 heteroatoms. The van der Waals surface area contributed by atoms with Crippen LogP contribution < -0.4 is 10.9 Å². The van der Waals surface area contributed by atoms with Crippen LogP contribution in [-0.2, 0) is 33.0 Å². The fraction of sp³-hybridized carbons (Fsp3) is 0.429. The first-order valence-corrected chi connectivity index (χ1v) is 10.9. The first-order chi connectivity index (χ1) is 15.1. The van der Waals surface area contributed by atoms with Crippen LogP contribution in [-0.4, -0.2) is 45.5 Å². The lowest BCUT2D eigenvalue weighted by Gasteiger charge is -2.32. The average Bonchev–Trinajstić information content (AvgIpc) is 2.72. The third-order valence-electron chi connectivity index (χ3n) is 4.79. The van der Waals surface area contributed by atoms with Crippen molar-refractivity contribution < 1.29 is 28.6 Å². The van der Waals surface area contributed by atoms with Crippen LogP contribution in [0, 0.1) is 5.82 Å². The van der Waals surface area contributed by atoms with Crippen molar-refractivity contribution in [3.63, 3.8) is 0 Å². The van der Waals surface area contributed by atoms with Crippen molar-refractivity contribution >= 4 is 23.6 Å². The van der Waals surface area contributed by atoms with Crippen molar-refractivity contribution in [3.05, 3.63) is 51.5 Å². The van der Waals surface area contributed by atoms with Gasteiger partial charge < -0.3 is 19.9 Å². The molecule has 1 aromatic heterocycles. The standard InChI is InChI=1S/C21H24FN3O6S/c1-12(26)30-8-9-32-15-10-14(22)5-4-13(15)11-23-18(28)16-17(27)19(29)25-6-7-31-21(2,3)20(25)24-16/h4-5,10,27H,6-9,11H2,1-3H3,(H,23,28). The first kappa shape index (κ1) is 23.7. The number of thioether (sulfide) groups is 1. The maximum atomic E-state index is 13.7. The van der Waals surface area contributed by atoms with E-state index in [1.54, 1.807) is 13.8 Å². The smallest absolute Gasteiger partial charge is 0.302 e. The molecule has 0 radical (unpaired) electrons. The van der Waals surface area contributed by atoms with Gasteiger partial charge >= 0.3 is 5.97 Å². The molecule has 0 unspecified atom stereocenters. The van der Waals surface area contributed by atoms with Crippen molar-refractivity contribution in [1.82, 2.24) is 14.9 Å². The number of ether oxygens (including phenoxy) is 2. The Balaban J connectivity index is 1.77. The van der Waals surface area contributed by atoms with Crippen LogP contribution >= 0.6 is 11.8 Å². The topological polar surface area (TPSA) is 120 Å². The highest BCUT2D eigenvalue weighted by molar-refractivity contribution is 7.99. The minimum atomic E-state index is -0.900. The maximum absolute atomic E-state index is 13.7. The molecule has 2 N–H and O–H groups in total. The molecular weight excluding hydrogens is 441 g/mol. The van der Waals surface area contributed by atoms with E-state index in [1.807, 2.05) is 0 Å². The molecular formula is C21H24FN3O6S. The number of halogens is 1. The van der Waals surface area contributed by atoms with Crippen molar-refractivity contribution in [2.24, 2.45) is 0 Å². The Labute approximate surface area is 187 Å². The van der Waals surface area contributed by atoms with E-state index in [0.29, 0.717) is 16.2 Å². The van der Waals surface area contributed by atoms with Gasteiger partial charge in [0.05, 0.1) is 13.2 Å². The highest BCUT2D eigenvalue weighted by Crippen LogP contribution is 2.28. The second-order valence-corrected chi connectivity index (χ2v) is 8.71.